The first kappa shape index (κ1) is 26.3. The van der Waals surface area contributed by atoms with Crippen LogP contribution in [-0.4, -0.2) is 66.5 Å². The molecule has 1 aromatic carbocycles. The van der Waals surface area contributed by atoms with Crippen molar-refractivity contribution in [2.75, 3.05) is 31.2 Å². The third kappa shape index (κ3) is 6.14. The summed E-state index contributed by atoms with van der Waals surface area (Å²) in [4.78, 5) is 32.3. The maximum absolute atomic E-state index is 13.3. The van der Waals surface area contributed by atoms with Crippen LogP contribution in [0.4, 0.5) is 5.82 Å². The summed E-state index contributed by atoms with van der Waals surface area (Å²) in [7, 11) is 0. The number of esters is 1. The highest BCUT2D eigenvalue weighted by atomic mass is 16.5. The Hall–Kier alpha value is -2.75. The summed E-state index contributed by atoms with van der Waals surface area (Å²) in [6, 6.07) is 8.46. The van der Waals surface area contributed by atoms with E-state index in [9.17, 15) is 14.7 Å². The summed E-state index contributed by atoms with van der Waals surface area (Å²) in [5.41, 5.74) is 8.07. The van der Waals surface area contributed by atoms with E-state index in [0.29, 0.717) is 30.5 Å². The lowest BCUT2D eigenvalue weighted by atomic mass is 9.89. The van der Waals surface area contributed by atoms with Crippen molar-refractivity contribution >= 4 is 28.6 Å². The van der Waals surface area contributed by atoms with E-state index in [0.717, 1.165) is 22.9 Å². The van der Waals surface area contributed by atoms with Gasteiger partial charge in [0.05, 0.1) is 17.7 Å². The maximum atomic E-state index is 13.3. The molecule has 196 valence electrons. The van der Waals surface area contributed by atoms with Gasteiger partial charge in [-0.1, -0.05) is 30.9 Å². The highest BCUT2D eigenvalue weighted by Gasteiger charge is 2.33. The number of benzene rings is 1. The fourth-order valence-electron chi connectivity index (χ4n) is 5.40. The molecule has 2 fully saturated rings. The SMILES string of the molecule is CCOC(=O)C(N)NC(=O)c1cc2cc(C)ccc2nc1N1CCC(NC2CCCCC2)C(CO)C1. The van der Waals surface area contributed by atoms with Gasteiger partial charge in [0.1, 0.15) is 5.82 Å². The molecule has 1 aromatic heterocycles. The number of carbonyl (C=O) groups excluding carboxylic acids is 2. The zero-order valence-corrected chi connectivity index (χ0v) is 21.3. The van der Waals surface area contributed by atoms with E-state index in [1.165, 1.54) is 32.1 Å². The number of anilines is 1. The van der Waals surface area contributed by atoms with Crippen molar-refractivity contribution in [2.24, 2.45) is 11.7 Å². The van der Waals surface area contributed by atoms with Crippen LogP contribution >= 0.6 is 0 Å². The largest absolute Gasteiger partial charge is 0.463 e. The summed E-state index contributed by atoms with van der Waals surface area (Å²) in [5, 5.41) is 17.4. The standard InChI is InChI=1S/C27H39N5O4/c1-3-36-27(35)24(28)31-26(34)21-14-18-13-17(2)9-10-22(18)30-25(21)32-12-11-23(19(15-32)16-33)29-20-7-5-4-6-8-20/h9-10,13-14,19-20,23-24,29,33H,3-8,11-12,15-16,28H2,1-2H3,(H,31,34). The zero-order chi connectivity index (χ0) is 25.7. The molecule has 9 nitrogen and oxygen atoms in total. The second kappa shape index (κ2) is 12.0. The van der Waals surface area contributed by atoms with Gasteiger partial charge in [-0.05, 0) is 51.3 Å². The molecule has 36 heavy (non-hydrogen) atoms. The van der Waals surface area contributed by atoms with Crippen LogP contribution in [0.5, 0.6) is 0 Å². The first-order chi connectivity index (χ1) is 17.4. The van der Waals surface area contributed by atoms with Gasteiger partial charge in [-0.15, -0.1) is 0 Å². The second-order valence-electron chi connectivity index (χ2n) is 10.0. The minimum Gasteiger partial charge on any atom is -0.463 e. The molecule has 2 aliphatic rings. The quantitative estimate of drug-likeness (QED) is 0.323. The molecule has 2 heterocycles. The van der Waals surface area contributed by atoms with Gasteiger partial charge < -0.3 is 31.1 Å². The van der Waals surface area contributed by atoms with Crippen molar-refractivity contribution < 1.29 is 19.4 Å². The number of rotatable bonds is 8. The molecule has 1 aliphatic heterocycles. The van der Waals surface area contributed by atoms with Crippen LogP contribution in [0.3, 0.4) is 0 Å². The Kier molecular flexibility index (Phi) is 8.77. The molecule has 0 radical (unpaired) electrons. The number of amides is 1. The topological polar surface area (TPSA) is 130 Å². The number of fused-ring (bicyclic) bond motifs is 1. The van der Waals surface area contributed by atoms with E-state index in [1.54, 1.807) is 13.0 Å². The van der Waals surface area contributed by atoms with Crippen molar-refractivity contribution in [3.63, 3.8) is 0 Å². The molecule has 1 aliphatic carbocycles. The molecule has 3 atom stereocenters. The molecule has 2 aromatic rings. The number of aliphatic hydroxyl groups excluding tert-OH is 1. The summed E-state index contributed by atoms with van der Waals surface area (Å²) in [5.74, 6) is -0.611. The number of nitrogens with one attached hydrogen (secondary N) is 2. The molecule has 0 bridgehead atoms. The molecular formula is C27H39N5O4. The van der Waals surface area contributed by atoms with Crippen molar-refractivity contribution in [1.82, 2.24) is 15.6 Å². The molecule has 1 amide bonds. The van der Waals surface area contributed by atoms with Gasteiger partial charge in [-0.25, -0.2) is 9.78 Å². The van der Waals surface area contributed by atoms with Gasteiger partial charge in [0.15, 0.2) is 6.17 Å². The molecule has 9 heteroatoms. The van der Waals surface area contributed by atoms with Crippen molar-refractivity contribution in [1.29, 1.82) is 0 Å². The summed E-state index contributed by atoms with van der Waals surface area (Å²) in [6.07, 6.45) is 5.77. The van der Waals surface area contributed by atoms with Crippen LogP contribution < -0.4 is 21.3 Å². The van der Waals surface area contributed by atoms with Crippen molar-refractivity contribution in [3.05, 3.63) is 35.4 Å². The predicted octanol–water partition coefficient (Wildman–Crippen LogP) is 2.23. The first-order valence-corrected chi connectivity index (χ1v) is 13.2. The predicted molar refractivity (Wildman–Crippen MR) is 140 cm³/mol. The fourth-order valence-corrected chi connectivity index (χ4v) is 5.40. The highest BCUT2D eigenvalue weighted by Crippen LogP contribution is 2.30. The monoisotopic (exact) mass is 497 g/mol. The number of aromatic nitrogens is 1. The lowest BCUT2D eigenvalue weighted by Gasteiger charge is -2.41. The molecule has 1 saturated carbocycles. The first-order valence-electron chi connectivity index (χ1n) is 13.2. The number of pyridine rings is 1. The van der Waals surface area contributed by atoms with E-state index in [-0.39, 0.29) is 25.2 Å². The van der Waals surface area contributed by atoms with Crippen LogP contribution in [0, 0.1) is 12.8 Å². The van der Waals surface area contributed by atoms with E-state index >= 15 is 0 Å². The van der Waals surface area contributed by atoms with E-state index in [2.05, 4.69) is 15.5 Å². The second-order valence-corrected chi connectivity index (χ2v) is 10.0. The Labute approximate surface area is 212 Å². The molecule has 1 saturated heterocycles. The number of hydrogen-bond donors (Lipinski definition) is 4. The van der Waals surface area contributed by atoms with Crippen molar-refractivity contribution in [3.8, 4) is 0 Å². The number of aliphatic hydroxyl groups is 1. The third-order valence-electron chi connectivity index (χ3n) is 7.34. The number of carbonyl (C=O) groups is 2. The Balaban J connectivity index is 1.59. The average Bonchev–Trinajstić information content (AvgIpc) is 2.88. The Morgan fingerprint density at radius 2 is 2.00 bits per heavy atom. The lowest BCUT2D eigenvalue weighted by Crippen LogP contribution is -2.54. The molecular weight excluding hydrogens is 458 g/mol. The number of nitrogens with zero attached hydrogens (tertiary/aromatic N) is 2. The van der Waals surface area contributed by atoms with E-state index < -0.39 is 18.0 Å². The Morgan fingerprint density at radius 3 is 2.72 bits per heavy atom. The molecule has 0 spiro atoms. The van der Waals surface area contributed by atoms with Gasteiger partial charge in [0.2, 0.25) is 0 Å². The third-order valence-corrected chi connectivity index (χ3v) is 7.34. The molecule has 4 rings (SSSR count). The minimum absolute atomic E-state index is 0.0221. The van der Waals surface area contributed by atoms with Crippen LogP contribution in [0.25, 0.3) is 10.9 Å². The normalized spacial score (nSPS) is 21.8. The number of ether oxygens (including phenoxy) is 1. The Morgan fingerprint density at radius 1 is 1.22 bits per heavy atom. The number of aryl methyl sites for hydroxylation is 1. The van der Waals surface area contributed by atoms with Gasteiger partial charge in [-0.2, -0.15) is 0 Å². The van der Waals surface area contributed by atoms with E-state index in [4.69, 9.17) is 15.5 Å². The van der Waals surface area contributed by atoms with Crippen LogP contribution in [0.15, 0.2) is 24.3 Å². The van der Waals surface area contributed by atoms with Gasteiger partial charge >= 0.3 is 5.97 Å². The molecule has 3 unspecified atom stereocenters. The smallest absolute Gasteiger partial charge is 0.343 e. The molecule has 5 N–H and O–H groups in total. The fraction of sp³-hybridized carbons (Fsp3) is 0.593. The lowest BCUT2D eigenvalue weighted by molar-refractivity contribution is -0.145. The van der Waals surface area contributed by atoms with Crippen LogP contribution in [-0.2, 0) is 9.53 Å². The average molecular weight is 498 g/mol. The van der Waals surface area contributed by atoms with Crippen LogP contribution in [0.1, 0.15) is 61.4 Å². The summed E-state index contributed by atoms with van der Waals surface area (Å²) in [6.45, 7) is 5.19. The van der Waals surface area contributed by atoms with Crippen molar-refractivity contribution in [2.45, 2.75) is 70.6 Å². The number of nitrogens with two attached hydrogens (primary N) is 1. The Bertz CT molecular complexity index is 1070. The van der Waals surface area contributed by atoms with Gasteiger partial charge in [-0.3, -0.25) is 4.79 Å². The van der Waals surface area contributed by atoms with E-state index in [1.807, 2.05) is 25.1 Å². The maximum Gasteiger partial charge on any atom is 0.343 e. The summed E-state index contributed by atoms with van der Waals surface area (Å²) < 4.78 is 4.94. The number of piperidine rings is 1. The number of hydrogen-bond acceptors (Lipinski definition) is 8. The van der Waals surface area contributed by atoms with Gasteiger partial charge in [0.25, 0.3) is 5.91 Å². The van der Waals surface area contributed by atoms with Crippen LogP contribution in [0.2, 0.25) is 0 Å². The minimum atomic E-state index is -1.27. The highest BCUT2D eigenvalue weighted by molar-refractivity contribution is 6.03. The summed E-state index contributed by atoms with van der Waals surface area (Å²) >= 11 is 0. The zero-order valence-electron chi connectivity index (χ0n) is 21.3. The van der Waals surface area contributed by atoms with Gasteiger partial charge in [0, 0.05) is 43.1 Å².